The van der Waals surface area contributed by atoms with Crippen LogP contribution in [0.5, 0.6) is 0 Å². The van der Waals surface area contributed by atoms with Gasteiger partial charge in [0, 0.05) is 98.6 Å². The average molecular weight is 1780 g/mol. The zero-order valence-electron chi connectivity index (χ0n) is 76.2. The van der Waals surface area contributed by atoms with Crippen LogP contribution in [0.4, 0.5) is 0 Å². The second-order valence-corrected chi connectivity index (χ2v) is 36.3. The fourth-order valence-electron chi connectivity index (χ4n) is 21.9. The van der Waals surface area contributed by atoms with Crippen molar-refractivity contribution in [3.8, 4) is 101 Å². The maximum Gasteiger partial charge on any atom is 0.165 e. The number of nitrogens with zero attached hydrogens (tertiary/aromatic N) is 8. The van der Waals surface area contributed by atoms with E-state index in [0.717, 1.165) is 67.4 Å². The topological polar surface area (TPSA) is 55.4 Å². The van der Waals surface area contributed by atoms with E-state index in [0.29, 0.717) is 0 Å². The van der Waals surface area contributed by atoms with E-state index in [1.54, 1.807) is 0 Å². The maximum absolute atomic E-state index is 5.29. The van der Waals surface area contributed by atoms with Gasteiger partial charge in [0.25, 0.3) is 0 Å². The molecular weight excluding hydrogens is 1700 g/mol. The fraction of sp³-hybridized carbons (Fsp3) is 0. The number of benzene rings is 22. The molecule has 0 N–H and O–H groups in total. The molecule has 7 heterocycles. The van der Waals surface area contributed by atoms with Crippen molar-refractivity contribution in [1.82, 2.24) is 37.4 Å². The summed E-state index contributed by atoms with van der Waals surface area (Å²) in [5, 5.41) is 17.5. The molecule has 0 bridgehead atoms. The van der Waals surface area contributed by atoms with Gasteiger partial charge in [-0.2, -0.15) is 0 Å². The van der Waals surface area contributed by atoms with Crippen LogP contribution in [0.25, 0.3) is 254 Å². The monoisotopic (exact) mass is 1780 g/mol. The molecule has 22 aromatic carbocycles. The summed E-state index contributed by atoms with van der Waals surface area (Å²) >= 11 is 0. The van der Waals surface area contributed by atoms with E-state index in [-0.39, 0.29) is 0 Å². The van der Waals surface area contributed by atoms with Gasteiger partial charge in [0.1, 0.15) is 5.69 Å². The number of hydrogen-bond donors (Lipinski definition) is 0. The van der Waals surface area contributed by atoms with Crippen molar-refractivity contribution in [2.24, 2.45) is 0 Å². The van der Waals surface area contributed by atoms with E-state index in [2.05, 4.69) is 519 Å². The number of rotatable bonds is 12. The lowest BCUT2D eigenvalue weighted by atomic mass is 9.91. The van der Waals surface area contributed by atoms with Gasteiger partial charge in [0.05, 0.1) is 77.2 Å². The Kier molecular flexibility index (Phi) is 19.5. The molecule has 0 unspecified atom stereocenters. The van der Waals surface area contributed by atoms with Gasteiger partial charge in [0.2, 0.25) is 0 Å². The lowest BCUT2D eigenvalue weighted by Crippen LogP contribution is -2.03. The molecule has 8 nitrogen and oxygen atoms in total. The second kappa shape index (κ2) is 33.7. The fourth-order valence-corrected chi connectivity index (χ4v) is 21.9. The summed E-state index contributed by atoms with van der Waals surface area (Å²) in [5.74, 6) is 0.827. The summed E-state index contributed by atoms with van der Waals surface area (Å²) in [7, 11) is 0. The third-order valence-electron chi connectivity index (χ3n) is 28.3. The van der Waals surface area contributed by atoms with Crippen molar-refractivity contribution in [3.05, 3.63) is 522 Å². The zero-order valence-corrected chi connectivity index (χ0v) is 76.2. The predicted molar refractivity (Wildman–Crippen MR) is 589 cm³/mol. The molecule has 29 rings (SSSR count). The Labute approximate surface area is 807 Å². The van der Waals surface area contributed by atoms with Gasteiger partial charge in [0.15, 0.2) is 5.82 Å². The van der Waals surface area contributed by atoms with Gasteiger partial charge in [-0.05, 0) is 242 Å². The van der Waals surface area contributed by atoms with E-state index in [9.17, 15) is 0 Å². The number of para-hydroxylation sites is 11. The highest BCUT2D eigenvalue weighted by Crippen LogP contribution is 2.47. The van der Waals surface area contributed by atoms with Gasteiger partial charge in [-0.3, -0.25) is 4.57 Å². The maximum atomic E-state index is 5.29. The standard InChI is InChI=1S/C48H32N2.C46H30N2.C38H24N4/c1-4-14-33(15-5-1)36-28-37(34-16-6-2-7-17-34)30-38(29-36)35-24-26-40(27-25-35)50-46-23-13-11-21-42(46)44-31-43-41-20-10-12-22-45(41)49(47(43)32-48(44)50)39-18-8-3-9-19-39;1-3-13-31(14-4-1)39-27-33-15-7-8-16-34(33)28-40(39)32-23-25-36(26-24-32)48-44-22-12-10-20-38(44)42-29-41-37-19-9-11-21-43(37)47(45(41)30-46(42)48)35-17-5-2-6-18-35;1-3-13-25(14-4-1)37-38(40-32-20-10-9-19-31(32)39-37)42-34-22-12-8-18-28(34)30-23-29-27-17-7-11-21-33(27)41(35(29)24-36(30)42)26-15-5-2-6-16-26/h1-32H;1-30H;1-24H. The summed E-state index contributed by atoms with van der Waals surface area (Å²) in [6.45, 7) is 0. The third kappa shape index (κ3) is 13.7. The zero-order chi connectivity index (χ0) is 92.2. The molecule has 0 saturated carbocycles. The first-order valence-corrected chi connectivity index (χ1v) is 47.9. The van der Waals surface area contributed by atoms with E-state index in [1.807, 2.05) is 30.3 Å². The van der Waals surface area contributed by atoms with Gasteiger partial charge >= 0.3 is 0 Å². The summed E-state index contributed by atoms with van der Waals surface area (Å²) in [4.78, 5) is 10.5. The minimum Gasteiger partial charge on any atom is -0.309 e. The quantitative estimate of drug-likeness (QED) is 0.122. The van der Waals surface area contributed by atoms with Crippen molar-refractivity contribution in [2.75, 3.05) is 0 Å². The molecule has 0 spiro atoms. The van der Waals surface area contributed by atoms with Crippen LogP contribution in [0.15, 0.2) is 522 Å². The molecule has 654 valence electrons. The van der Waals surface area contributed by atoms with E-state index in [1.165, 1.54) is 186 Å². The van der Waals surface area contributed by atoms with Crippen LogP contribution in [0.1, 0.15) is 0 Å². The third-order valence-corrected chi connectivity index (χ3v) is 28.3. The molecule has 0 aliphatic carbocycles. The van der Waals surface area contributed by atoms with Gasteiger partial charge < -0.3 is 22.8 Å². The molecule has 0 radical (unpaired) electrons. The van der Waals surface area contributed by atoms with Crippen molar-refractivity contribution >= 4 is 153 Å². The van der Waals surface area contributed by atoms with Crippen LogP contribution in [-0.4, -0.2) is 37.4 Å². The summed E-state index contributed by atoms with van der Waals surface area (Å²) in [6, 6.07) is 188. The molecule has 0 saturated heterocycles. The molecule has 8 heteroatoms. The normalized spacial score (nSPS) is 11.7. The van der Waals surface area contributed by atoms with E-state index < -0.39 is 0 Å². The molecule has 0 fully saturated rings. The number of fused-ring (bicyclic) bond motifs is 20. The van der Waals surface area contributed by atoms with Crippen LogP contribution in [0.2, 0.25) is 0 Å². The highest BCUT2D eigenvalue weighted by Gasteiger charge is 2.26. The minimum absolute atomic E-state index is 0.827. The Bertz CT molecular complexity index is 9830. The van der Waals surface area contributed by atoms with Crippen molar-refractivity contribution < 1.29 is 0 Å². The minimum atomic E-state index is 0.827. The first-order valence-electron chi connectivity index (χ1n) is 47.9. The molecule has 29 aromatic rings. The number of aromatic nitrogens is 8. The average Bonchev–Trinajstić information content (AvgIpc) is 1.56. The van der Waals surface area contributed by atoms with E-state index >= 15 is 0 Å². The Hall–Kier alpha value is -18.8. The smallest absolute Gasteiger partial charge is 0.165 e. The summed E-state index contributed by atoms with van der Waals surface area (Å²) < 4.78 is 14.3. The molecule has 7 aromatic heterocycles. The first kappa shape index (κ1) is 80.9. The highest BCUT2D eigenvalue weighted by atomic mass is 15.1. The Morgan fingerprint density at radius 1 is 0.129 bits per heavy atom. The summed E-state index contributed by atoms with van der Waals surface area (Å²) in [5.41, 5.74) is 35.8. The van der Waals surface area contributed by atoms with Crippen LogP contribution < -0.4 is 0 Å². The Balaban J connectivity index is 0.000000106. The SMILES string of the molecule is c1ccc(-c2cc(-c3ccccc3)cc(-c3ccc(-n4c5ccccc5c5cc6c7ccccc7n(-c7ccccc7)c6cc54)cc3)c2)cc1.c1ccc(-c2cc3ccccc3cc2-c2ccc(-n3c4ccccc4c4cc5c6ccccc6n(-c6ccccc6)c5cc43)cc2)cc1.c1ccc(-c2nc3ccccc3nc2-n2c3ccccc3c3cc4c5ccccc5n(-c5ccccc5)c4cc32)cc1. The van der Waals surface area contributed by atoms with Gasteiger partial charge in [-0.1, -0.05) is 346 Å². The Morgan fingerprint density at radius 3 is 0.686 bits per heavy atom. The van der Waals surface area contributed by atoms with Crippen molar-refractivity contribution in [2.45, 2.75) is 0 Å². The highest BCUT2D eigenvalue weighted by molar-refractivity contribution is 6.23. The molecular formula is C132H86N8. The molecule has 0 amide bonds. The predicted octanol–water partition coefficient (Wildman–Crippen LogP) is 34.7. The van der Waals surface area contributed by atoms with Crippen LogP contribution in [0.3, 0.4) is 0 Å². The molecule has 0 atom stereocenters. The largest absolute Gasteiger partial charge is 0.309 e. The van der Waals surface area contributed by atoms with Crippen LogP contribution in [-0.2, 0) is 0 Å². The lowest BCUT2D eigenvalue weighted by molar-refractivity contribution is 1.08. The van der Waals surface area contributed by atoms with Gasteiger partial charge in [-0.25, -0.2) is 9.97 Å². The lowest BCUT2D eigenvalue weighted by Gasteiger charge is -2.14. The van der Waals surface area contributed by atoms with E-state index in [4.69, 9.17) is 9.97 Å². The first-order chi connectivity index (χ1) is 69.5. The molecule has 0 aliphatic rings. The molecule has 140 heavy (non-hydrogen) atoms. The second-order valence-electron chi connectivity index (χ2n) is 36.3. The van der Waals surface area contributed by atoms with Crippen LogP contribution >= 0.6 is 0 Å². The summed E-state index contributed by atoms with van der Waals surface area (Å²) in [6.07, 6.45) is 0. The molecule has 0 aliphatic heterocycles. The Morgan fingerprint density at radius 2 is 0.357 bits per heavy atom. The van der Waals surface area contributed by atoms with Crippen molar-refractivity contribution in [3.63, 3.8) is 0 Å². The van der Waals surface area contributed by atoms with Crippen LogP contribution in [0, 0.1) is 0 Å². The van der Waals surface area contributed by atoms with Gasteiger partial charge in [-0.15, -0.1) is 0 Å². The van der Waals surface area contributed by atoms with Crippen molar-refractivity contribution in [1.29, 1.82) is 0 Å². The number of hydrogen-bond acceptors (Lipinski definition) is 2.